The number of fused-ring (bicyclic) bond motifs is 4. The first kappa shape index (κ1) is 34.9. The largest absolute Gasteiger partial charge is 0.256 e. The Labute approximate surface area is 307 Å². The third-order valence-electron chi connectivity index (χ3n) is 11.5. The summed E-state index contributed by atoms with van der Waals surface area (Å²) in [5.74, 6) is 0. The molecule has 0 saturated heterocycles. The zero-order valence-electron chi connectivity index (χ0n) is 31.0. The third kappa shape index (κ3) is 7.59. The van der Waals surface area contributed by atoms with E-state index in [0.717, 1.165) is 11.3 Å². The lowest BCUT2D eigenvalue weighted by Crippen LogP contribution is -2.25. The van der Waals surface area contributed by atoms with Crippen LogP contribution in [0.3, 0.4) is 0 Å². The van der Waals surface area contributed by atoms with Crippen molar-refractivity contribution in [2.24, 2.45) is 0 Å². The monoisotopic (exact) mass is 669 g/mol. The first-order chi connectivity index (χ1) is 25.2. The number of rotatable bonds is 17. The first-order valence-corrected chi connectivity index (χ1v) is 20.0. The molecule has 0 unspecified atom stereocenters. The van der Waals surface area contributed by atoms with E-state index in [2.05, 4.69) is 135 Å². The summed E-state index contributed by atoms with van der Waals surface area (Å²) in [7, 11) is 0. The van der Waals surface area contributed by atoms with Crippen molar-refractivity contribution in [2.75, 3.05) is 0 Å². The van der Waals surface area contributed by atoms with Crippen molar-refractivity contribution in [1.29, 1.82) is 0 Å². The molecular weight excluding hydrogens is 615 g/mol. The van der Waals surface area contributed by atoms with Gasteiger partial charge in [-0.15, -0.1) is 0 Å². The van der Waals surface area contributed by atoms with Crippen LogP contribution >= 0.6 is 0 Å². The molecule has 1 aliphatic rings. The number of nitrogens with zero attached hydrogens (tertiary/aromatic N) is 1. The Morgan fingerprint density at radius 1 is 0.431 bits per heavy atom. The maximum absolute atomic E-state index is 4.80. The van der Waals surface area contributed by atoms with E-state index in [4.69, 9.17) is 4.98 Å². The Morgan fingerprint density at radius 2 is 0.922 bits per heavy atom. The fourth-order valence-electron chi connectivity index (χ4n) is 8.73. The van der Waals surface area contributed by atoms with Gasteiger partial charge >= 0.3 is 0 Å². The Balaban J connectivity index is 1.27. The second-order valence-corrected chi connectivity index (χ2v) is 15.0. The van der Waals surface area contributed by atoms with Gasteiger partial charge < -0.3 is 0 Å². The van der Waals surface area contributed by atoms with Crippen LogP contribution in [0.2, 0.25) is 0 Å². The highest BCUT2D eigenvalue weighted by molar-refractivity contribution is 5.94. The Hall–Kier alpha value is -4.49. The minimum Gasteiger partial charge on any atom is -0.256 e. The predicted octanol–water partition coefficient (Wildman–Crippen LogP) is 15.0. The van der Waals surface area contributed by atoms with E-state index in [0.29, 0.717) is 0 Å². The second kappa shape index (κ2) is 16.7. The van der Waals surface area contributed by atoms with Crippen LogP contribution in [-0.4, -0.2) is 4.98 Å². The molecule has 0 aliphatic heterocycles. The van der Waals surface area contributed by atoms with Gasteiger partial charge in [-0.3, -0.25) is 4.98 Å². The maximum atomic E-state index is 4.80. The highest BCUT2D eigenvalue weighted by Gasteiger charge is 2.42. The van der Waals surface area contributed by atoms with Crippen molar-refractivity contribution in [3.05, 3.63) is 139 Å². The van der Waals surface area contributed by atoms with Crippen LogP contribution in [0.15, 0.2) is 128 Å². The Kier molecular flexibility index (Phi) is 11.4. The van der Waals surface area contributed by atoms with Crippen LogP contribution in [0.1, 0.15) is 115 Å². The van der Waals surface area contributed by atoms with Crippen LogP contribution in [0.5, 0.6) is 0 Å². The fourth-order valence-corrected chi connectivity index (χ4v) is 8.73. The van der Waals surface area contributed by atoms with E-state index < -0.39 is 0 Å². The van der Waals surface area contributed by atoms with Crippen molar-refractivity contribution < 1.29 is 0 Å². The normalized spacial score (nSPS) is 13.0. The highest BCUT2D eigenvalue weighted by atomic mass is 14.7. The van der Waals surface area contributed by atoms with Gasteiger partial charge in [-0.25, -0.2) is 0 Å². The summed E-state index contributed by atoms with van der Waals surface area (Å²) in [6, 6.07) is 45.5. The van der Waals surface area contributed by atoms with Crippen molar-refractivity contribution in [3.63, 3.8) is 0 Å². The lowest BCUT2D eigenvalue weighted by atomic mass is 9.70. The quantitative estimate of drug-likeness (QED) is 0.0881. The molecule has 7 rings (SSSR count). The summed E-state index contributed by atoms with van der Waals surface area (Å²) in [5, 5.41) is 2.43. The maximum Gasteiger partial charge on any atom is 0.0780 e. The Bertz CT molecular complexity index is 2000. The number of unbranched alkanes of at least 4 members (excludes halogenated alkanes) is 10. The van der Waals surface area contributed by atoms with E-state index in [1.54, 1.807) is 11.1 Å². The van der Waals surface area contributed by atoms with Crippen molar-refractivity contribution >= 4 is 10.8 Å². The van der Waals surface area contributed by atoms with E-state index in [1.807, 2.05) is 6.20 Å². The van der Waals surface area contributed by atoms with Gasteiger partial charge in [0.25, 0.3) is 0 Å². The van der Waals surface area contributed by atoms with Crippen LogP contribution in [-0.2, 0) is 5.41 Å². The van der Waals surface area contributed by atoms with Crippen molar-refractivity contribution in [1.82, 2.24) is 4.98 Å². The topological polar surface area (TPSA) is 12.9 Å². The molecule has 1 heterocycles. The van der Waals surface area contributed by atoms with Crippen LogP contribution < -0.4 is 0 Å². The van der Waals surface area contributed by atoms with E-state index in [1.165, 1.54) is 134 Å². The van der Waals surface area contributed by atoms with E-state index in [-0.39, 0.29) is 5.41 Å². The van der Waals surface area contributed by atoms with Gasteiger partial charge in [-0.2, -0.15) is 0 Å². The SMILES string of the molecule is CCCCCCCCC1(CCCCCCCC)c2cc(-c3ccccc3)ccc2-c2ccc(-c3ccc(-c4nccc5ccccc45)cc3)cc21. The van der Waals surface area contributed by atoms with Gasteiger partial charge in [0.1, 0.15) is 0 Å². The van der Waals surface area contributed by atoms with Gasteiger partial charge in [-0.05, 0) is 80.9 Å². The zero-order valence-corrected chi connectivity index (χ0v) is 31.0. The highest BCUT2D eigenvalue weighted by Crippen LogP contribution is 2.56. The van der Waals surface area contributed by atoms with Crippen LogP contribution in [0.25, 0.3) is 55.4 Å². The molecule has 6 aromatic rings. The molecular formula is C50H55N. The molecule has 0 saturated carbocycles. The lowest BCUT2D eigenvalue weighted by Gasteiger charge is -2.33. The number of hydrogen-bond acceptors (Lipinski definition) is 1. The molecule has 1 aromatic heterocycles. The number of pyridine rings is 1. The molecule has 5 aromatic carbocycles. The average Bonchev–Trinajstić information content (AvgIpc) is 3.45. The van der Waals surface area contributed by atoms with E-state index >= 15 is 0 Å². The summed E-state index contributed by atoms with van der Waals surface area (Å²) < 4.78 is 0. The molecule has 1 heteroatoms. The van der Waals surface area contributed by atoms with Crippen molar-refractivity contribution in [3.8, 4) is 44.6 Å². The molecule has 0 fully saturated rings. The molecule has 260 valence electrons. The molecule has 0 bridgehead atoms. The summed E-state index contributed by atoms with van der Waals surface area (Å²) in [6.45, 7) is 4.63. The number of hydrogen-bond donors (Lipinski definition) is 0. The standard InChI is InChI=1S/C50H55N/c1-3-5-7-9-11-18-33-50(34-19-12-10-8-6-4-2)47-36-42(38-20-14-13-15-21-38)28-30-45(47)46-31-29-43(37-48(46)50)39-24-26-41(27-25-39)49-44-23-17-16-22-40(44)32-35-51-49/h13-17,20-32,35-37H,3-12,18-19,33-34H2,1-2H3. The van der Waals surface area contributed by atoms with Crippen LogP contribution in [0.4, 0.5) is 0 Å². The van der Waals surface area contributed by atoms with E-state index in [9.17, 15) is 0 Å². The number of benzene rings is 5. The second-order valence-electron chi connectivity index (χ2n) is 15.0. The van der Waals surface area contributed by atoms with Gasteiger partial charge in [-0.1, -0.05) is 194 Å². The predicted molar refractivity (Wildman–Crippen MR) is 220 cm³/mol. The summed E-state index contributed by atoms with van der Waals surface area (Å²) in [5.41, 5.74) is 13.5. The minimum absolute atomic E-state index is 0.0355. The molecule has 1 nitrogen and oxygen atoms in total. The van der Waals surface area contributed by atoms with Gasteiger partial charge in [0.15, 0.2) is 0 Å². The summed E-state index contributed by atoms with van der Waals surface area (Å²) in [4.78, 5) is 4.80. The molecule has 0 amide bonds. The summed E-state index contributed by atoms with van der Waals surface area (Å²) >= 11 is 0. The first-order valence-electron chi connectivity index (χ1n) is 20.0. The summed E-state index contributed by atoms with van der Waals surface area (Å²) in [6.07, 6.45) is 20.3. The smallest absolute Gasteiger partial charge is 0.0780 e. The molecule has 51 heavy (non-hydrogen) atoms. The lowest BCUT2D eigenvalue weighted by molar-refractivity contribution is 0.398. The molecule has 1 aliphatic carbocycles. The van der Waals surface area contributed by atoms with Gasteiger partial charge in [0.2, 0.25) is 0 Å². The molecule has 0 N–H and O–H groups in total. The number of aromatic nitrogens is 1. The molecule has 0 spiro atoms. The zero-order chi connectivity index (χ0) is 34.9. The molecule has 0 radical (unpaired) electrons. The fraction of sp³-hybridized carbons (Fsp3) is 0.340. The van der Waals surface area contributed by atoms with Gasteiger partial charge in [0, 0.05) is 22.6 Å². The Morgan fingerprint density at radius 3 is 1.53 bits per heavy atom. The minimum atomic E-state index is 0.0355. The van der Waals surface area contributed by atoms with Gasteiger partial charge in [0.05, 0.1) is 5.69 Å². The average molecular weight is 670 g/mol. The van der Waals surface area contributed by atoms with Crippen molar-refractivity contribution in [2.45, 2.75) is 109 Å². The van der Waals surface area contributed by atoms with Crippen LogP contribution in [0, 0.1) is 0 Å². The molecule has 0 atom stereocenters. The third-order valence-corrected chi connectivity index (χ3v) is 11.5.